The van der Waals surface area contributed by atoms with E-state index in [1.807, 2.05) is 11.6 Å². The molecule has 1 fully saturated rings. The van der Waals surface area contributed by atoms with Gasteiger partial charge in [-0.2, -0.15) is 5.10 Å². The van der Waals surface area contributed by atoms with Gasteiger partial charge in [-0.1, -0.05) is 38.5 Å². The van der Waals surface area contributed by atoms with Gasteiger partial charge in [0.1, 0.15) is 17.9 Å². The molecule has 0 atom stereocenters. The van der Waals surface area contributed by atoms with Crippen LogP contribution in [0.25, 0.3) is 0 Å². The quantitative estimate of drug-likeness (QED) is 0.754. The lowest BCUT2D eigenvalue weighted by molar-refractivity contribution is -0.119. The highest BCUT2D eigenvalue weighted by Crippen LogP contribution is 2.25. The van der Waals surface area contributed by atoms with Crippen LogP contribution in [-0.2, 0) is 17.8 Å². The highest BCUT2D eigenvalue weighted by Gasteiger charge is 2.17. The smallest absolute Gasteiger partial charge is 0.140 e. The van der Waals surface area contributed by atoms with Crippen molar-refractivity contribution in [1.29, 1.82) is 0 Å². The first kappa shape index (κ1) is 13.2. The third-order valence-electron chi connectivity index (χ3n) is 3.84. The fourth-order valence-corrected chi connectivity index (χ4v) is 2.83. The summed E-state index contributed by atoms with van der Waals surface area (Å²) < 4.78 is 1.81. The molecule has 1 aliphatic carbocycles. The van der Waals surface area contributed by atoms with E-state index in [-0.39, 0.29) is 0 Å². The van der Waals surface area contributed by atoms with Gasteiger partial charge in [0.15, 0.2) is 0 Å². The van der Waals surface area contributed by atoms with Crippen molar-refractivity contribution in [3.63, 3.8) is 0 Å². The van der Waals surface area contributed by atoms with Crippen LogP contribution >= 0.6 is 0 Å². The highest BCUT2D eigenvalue weighted by atomic mass is 16.1. The van der Waals surface area contributed by atoms with E-state index < -0.39 is 0 Å². The fraction of sp³-hybridized carbons (Fsp3) is 0.786. The molecule has 0 saturated heterocycles. The number of hydrogen-bond donors (Lipinski definition) is 0. The topological polar surface area (TPSA) is 47.8 Å². The molecule has 0 spiro atoms. The Bertz CT molecular complexity index is 378. The van der Waals surface area contributed by atoms with E-state index >= 15 is 0 Å². The minimum Gasteiger partial charge on any atom is -0.299 e. The number of Topliss-reactive ketones (excluding diaryl/α,β-unsaturated/α-hetero) is 1. The zero-order chi connectivity index (χ0) is 12.8. The number of ketones is 1. The van der Waals surface area contributed by atoms with E-state index in [0.29, 0.717) is 18.1 Å². The van der Waals surface area contributed by atoms with Gasteiger partial charge in [-0.3, -0.25) is 4.79 Å². The number of nitrogens with zero attached hydrogens (tertiary/aromatic N) is 3. The number of carbonyl (C=O) groups excluding carboxylic acids is 1. The maximum Gasteiger partial charge on any atom is 0.140 e. The summed E-state index contributed by atoms with van der Waals surface area (Å²) in [5.74, 6) is 1.75. The molecule has 18 heavy (non-hydrogen) atoms. The Morgan fingerprint density at radius 1 is 1.33 bits per heavy atom. The molecule has 0 bridgehead atoms. The van der Waals surface area contributed by atoms with E-state index in [1.54, 1.807) is 0 Å². The average Bonchev–Trinajstić information content (AvgIpc) is 2.64. The predicted octanol–water partition coefficient (Wildman–Crippen LogP) is 2.77. The lowest BCUT2D eigenvalue weighted by Crippen LogP contribution is -2.14. The maximum absolute atomic E-state index is 12.1. The maximum atomic E-state index is 12.1. The monoisotopic (exact) mass is 249 g/mol. The van der Waals surface area contributed by atoms with Crippen molar-refractivity contribution in [3.05, 3.63) is 12.2 Å². The van der Waals surface area contributed by atoms with Gasteiger partial charge in [0.25, 0.3) is 0 Å². The number of aryl methyl sites for hydroxylation is 1. The van der Waals surface area contributed by atoms with Crippen molar-refractivity contribution in [1.82, 2.24) is 14.8 Å². The van der Waals surface area contributed by atoms with Gasteiger partial charge in [0, 0.05) is 13.0 Å². The number of rotatable bonds is 5. The Morgan fingerprint density at radius 2 is 2.06 bits per heavy atom. The molecule has 0 unspecified atom stereocenters. The van der Waals surface area contributed by atoms with E-state index in [9.17, 15) is 4.79 Å². The Morgan fingerprint density at radius 3 is 2.72 bits per heavy atom. The van der Waals surface area contributed by atoms with Crippen molar-refractivity contribution >= 4 is 5.78 Å². The van der Waals surface area contributed by atoms with Gasteiger partial charge in [-0.15, -0.1) is 0 Å². The van der Waals surface area contributed by atoms with E-state index in [2.05, 4.69) is 10.1 Å². The molecule has 1 heterocycles. The molecule has 0 amide bonds. The molecule has 1 aliphatic rings. The lowest BCUT2D eigenvalue weighted by atomic mass is 9.93. The molecular formula is C14H23N3O. The average molecular weight is 249 g/mol. The molecular weight excluding hydrogens is 226 g/mol. The Labute approximate surface area is 109 Å². The first-order valence-corrected chi connectivity index (χ1v) is 7.18. The summed E-state index contributed by atoms with van der Waals surface area (Å²) in [4.78, 5) is 16.2. The minimum absolute atomic E-state index is 0.324. The summed E-state index contributed by atoms with van der Waals surface area (Å²) in [5.41, 5.74) is 0. The number of hydrogen-bond acceptors (Lipinski definition) is 3. The van der Waals surface area contributed by atoms with Crippen molar-refractivity contribution < 1.29 is 4.79 Å². The van der Waals surface area contributed by atoms with Crippen LogP contribution in [0.3, 0.4) is 0 Å². The lowest BCUT2D eigenvalue weighted by Gasteiger charge is -2.12. The van der Waals surface area contributed by atoms with Crippen LogP contribution in [0.15, 0.2) is 6.33 Å². The molecule has 4 heteroatoms. The Kier molecular flexibility index (Phi) is 4.90. The largest absolute Gasteiger partial charge is 0.299 e. The molecule has 1 aromatic heterocycles. The van der Waals surface area contributed by atoms with Gasteiger partial charge in [0.05, 0.1) is 6.42 Å². The van der Waals surface area contributed by atoms with E-state index in [4.69, 9.17) is 0 Å². The van der Waals surface area contributed by atoms with Gasteiger partial charge in [-0.05, 0) is 12.8 Å². The summed E-state index contributed by atoms with van der Waals surface area (Å²) in [6.07, 6.45) is 10.5. The third kappa shape index (κ3) is 3.65. The van der Waals surface area contributed by atoms with Gasteiger partial charge < -0.3 is 0 Å². The van der Waals surface area contributed by atoms with Crippen LogP contribution in [0.1, 0.15) is 57.7 Å². The molecule has 0 aromatic carbocycles. The summed E-state index contributed by atoms with van der Waals surface area (Å²) >= 11 is 0. The molecule has 0 radical (unpaired) electrons. The zero-order valence-corrected chi connectivity index (χ0v) is 11.3. The molecule has 1 aromatic rings. The van der Waals surface area contributed by atoms with Crippen molar-refractivity contribution in [2.75, 3.05) is 0 Å². The fourth-order valence-electron chi connectivity index (χ4n) is 2.83. The summed E-state index contributed by atoms with van der Waals surface area (Å²) in [6, 6.07) is 0. The van der Waals surface area contributed by atoms with Gasteiger partial charge >= 0.3 is 0 Å². The van der Waals surface area contributed by atoms with Crippen molar-refractivity contribution in [2.45, 2.75) is 64.8 Å². The van der Waals surface area contributed by atoms with Gasteiger partial charge in [0.2, 0.25) is 0 Å². The standard InChI is InChI=1S/C14H23N3O/c1-2-17-14(15-11-16-17)10-13(18)9-12-7-5-3-4-6-8-12/h11-12H,2-10H2,1H3. The molecule has 0 N–H and O–H groups in total. The summed E-state index contributed by atoms with van der Waals surface area (Å²) in [5, 5.41) is 4.10. The normalized spacial score (nSPS) is 17.6. The Balaban J connectivity index is 1.84. The Hall–Kier alpha value is -1.19. The molecule has 2 rings (SSSR count). The number of carbonyl (C=O) groups is 1. The number of aromatic nitrogens is 3. The zero-order valence-electron chi connectivity index (χ0n) is 11.3. The van der Waals surface area contributed by atoms with E-state index in [0.717, 1.165) is 18.8 Å². The van der Waals surface area contributed by atoms with Crippen LogP contribution in [0.5, 0.6) is 0 Å². The molecule has 0 aliphatic heterocycles. The van der Waals surface area contributed by atoms with Crippen LogP contribution < -0.4 is 0 Å². The second-order valence-electron chi connectivity index (χ2n) is 5.27. The first-order chi connectivity index (χ1) is 8.79. The molecule has 100 valence electrons. The second kappa shape index (κ2) is 6.66. The summed E-state index contributed by atoms with van der Waals surface area (Å²) in [6.45, 7) is 2.81. The minimum atomic E-state index is 0.324. The first-order valence-electron chi connectivity index (χ1n) is 7.18. The van der Waals surface area contributed by atoms with Crippen LogP contribution in [-0.4, -0.2) is 20.5 Å². The predicted molar refractivity (Wildman–Crippen MR) is 70.2 cm³/mol. The van der Waals surface area contributed by atoms with Crippen LogP contribution in [0, 0.1) is 5.92 Å². The van der Waals surface area contributed by atoms with Crippen molar-refractivity contribution in [3.8, 4) is 0 Å². The highest BCUT2D eigenvalue weighted by molar-refractivity contribution is 5.80. The van der Waals surface area contributed by atoms with Gasteiger partial charge in [-0.25, -0.2) is 9.67 Å². The molecule has 1 saturated carbocycles. The SMILES string of the molecule is CCn1ncnc1CC(=O)CC1CCCCCC1. The molecule has 4 nitrogen and oxygen atoms in total. The van der Waals surface area contributed by atoms with E-state index in [1.165, 1.54) is 44.9 Å². The van der Waals surface area contributed by atoms with Crippen LogP contribution in [0.2, 0.25) is 0 Å². The third-order valence-corrected chi connectivity index (χ3v) is 3.84. The van der Waals surface area contributed by atoms with Crippen molar-refractivity contribution in [2.24, 2.45) is 5.92 Å². The second-order valence-corrected chi connectivity index (χ2v) is 5.27. The summed E-state index contributed by atoms with van der Waals surface area (Å²) in [7, 11) is 0. The van der Waals surface area contributed by atoms with Crippen LogP contribution in [0.4, 0.5) is 0 Å².